The van der Waals surface area contributed by atoms with Gasteiger partial charge < -0.3 is 21.2 Å². The molecule has 0 saturated carbocycles. The number of ether oxygens (including phenoxy) is 1. The SMILES string of the molecule is CCOC(=O)c1cnc2ccc(/C(C=N)=C/N)nc2c1NC(C)C. The lowest BCUT2D eigenvalue weighted by atomic mass is 10.1. The van der Waals surface area contributed by atoms with Gasteiger partial charge in [-0.05, 0) is 32.9 Å². The largest absolute Gasteiger partial charge is 0.462 e. The number of pyridine rings is 2. The summed E-state index contributed by atoms with van der Waals surface area (Å²) in [4.78, 5) is 21.1. The fourth-order valence-corrected chi connectivity index (χ4v) is 2.23. The molecule has 0 amide bonds. The van der Waals surface area contributed by atoms with Crippen molar-refractivity contribution >= 4 is 34.5 Å². The van der Waals surface area contributed by atoms with Crippen LogP contribution in [0.5, 0.6) is 0 Å². The molecule has 7 nitrogen and oxygen atoms in total. The van der Waals surface area contributed by atoms with Gasteiger partial charge in [0.05, 0.1) is 23.5 Å². The van der Waals surface area contributed by atoms with Crippen molar-refractivity contribution in [2.24, 2.45) is 5.73 Å². The third-order valence-corrected chi connectivity index (χ3v) is 3.27. The summed E-state index contributed by atoms with van der Waals surface area (Å²) in [6.07, 6.45) is 3.94. The first-order chi connectivity index (χ1) is 11.5. The fourth-order valence-electron chi connectivity index (χ4n) is 2.23. The van der Waals surface area contributed by atoms with E-state index >= 15 is 0 Å². The Morgan fingerprint density at radius 1 is 1.46 bits per heavy atom. The molecule has 0 atom stereocenters. The molecule has 0 unspecified atom stereocenters. The Morgan fingerprint density at radius 2 is 2.21 bits per heavy atom. The monoisotopic (exact) mass is 327 g/mol. The zero-order chi connectivity index (χ0) is 17.7. The van der Waals surface area contributed by atoms with E-state index in [4.69, 9.17) is 15.9 Å². The molecule has 0 bridgehead atoms. The number of carbonyl (C=O) groups is 1. The van der Waals surface area contributed by atoms with E-state index < -0.39 is 5.97 Å². The van der Waals surface area contributed by atoms with Crippen LogP contribution in [-0.2, 0) is 4.74 Å². The number of allylic oxidation sites excluding steroid dienone is 1. The second-order valence-electron chi connectivity index (χ2n) is 5.40. The first-order valence-electron chi connectivity index (χ1n) is 7.68. The third kappa shape index (κ3) is 3.51. The topological polar surface area (TPSA) is 114 Å². The molecule has 4 N–H and O–H groups in total. The average Bonchev–Trinajstić information content (AvgIpc) is 2.56. The summed E-state index contributed by atoms with van der Waals surface area (Å²) in [5, 5.41) is 10.7. The molecule has 0 spiro atoms. The van der Waals surface area contributed by atoms with E-state index in [0.29, 0.717) is 33.6 Å². The smallest absolute Gasteiger partial charge is 0.341 e. The summed E-state index contributed by atoms with van der Waals surface area (Å²) in [6.45, 7) is 5.96. The van der Waals surface area contributed by atoms with E-state index in [1.165, 1.54) is 12.4 Å². The van der Waals surface area contributed by atoms with Crippen molar-refractivity contribution in [1.82, 2.24) is 9.97 Å². The van der Waals surface area contributed by atoms with E-state index in [1.54, 1.807) is 19.1 Å². The summed E-state index contributed by atoms with van der Waals surface area (Å²) in [5.74, 6) is -0.455. The number of anilines is 1. The second-order valence-corrected chi connectivity index (χ2v) is 5.40. The number of aromatic nitrogens is 2. The molecule has 0 aliphatic carbocycles. The van der Waals surface area contributed by atoms with Crippen molar-refractivity contribution in [1.29, 1.82) is 5.41 Å². The molecule has 2 aromatic heterocycles. The molecule has 2 aromatic rings. The summed E-state index contributed by atoms with van der Waals surface area (Å²) in [6, 6.07) is 3.61. The van der Waals surface area contributed by atoms with Crippen molar-refractivity contribution in [3.63, 3.8) is 0 Å². The van der Waals surface area contributed by atoms with Crippen molar-refractivity contribution in [2.75, 3.05) is 11.9 Å². The number of rotatable bonds is 6. The van der Waals surface area contributed by atoms with Crippen LogP contribution in [0.2, 0.25) is 0 Å². The van der Waals surface area contributed by atoms with Crippen LogP contribution in [0, 0.1) is 5.41 Å². The first kappa shape index (κ1) is 17.4. The summed E-state index contributed by atoms with van der Waals surface area (Å²) in [5.41, 5.74) is 8.62. The van der Waals surface area contributed by atoms with Gasteiger partial charge in [0.1, 0.15) is 11.1 Å². The molecular formula is C17H21N5O2. The minimum atomic E-state index is -0.455. The maximum atomic E-state index is 12.2. The van der Waals surface area contributed by atoms with Crippen LogP contribution in [0.3, 0.4) is 0 Å². The highest BCUT2D eigenvalue weighted by molar-refractivity contribution is 6.09. The van der Waals surface area contributed by atoms with Gasteiger partial charge in [0.15, 0.2) is 0 Å². The van der Waals surface area contributed by atoms with Crippen LogP contribution in [0.1, 0.15) is 36.8 Å². The summed E-state index contributed by atoms with van der Waals surface area (Å²) >= 11 is 0. The molecular weight excluding hydrogens is 306 g/mol. The van der Waals surface area contributed by atoms with Crippen molar-refractivity contribution in [2.45, 2.75) is 26.8 Å². The summed E-state index contributed by atoms with van der Waals surface area (Å²) in [7, 11) is 0. The Balaban J connectivity index is 2.71. The second kappa shape index (κ2) is 7.54. The molecule has 7 heteroatoms. The zero-order valence-electron chi connectivity index (χ0n) is 14.0. The van der Waals surface area contributed by atoms with Crippen LogP contribution in [0.25, 0.3) is 16.6 Å². The van der Waals surface area contributed by atoms with Gasteiger partial charge in [-0.15, -0.1) is 0 Å². The Bertz CT molecular complexity index is 799. The van der Waals surface area contributed by atoms with Crippen LogP contribution < -0.4 is 11.1 Å². The quantitative estimate of drug-likeness (QED) is 0.555. The van der Waals surface area contributed by atoms with Crippen LogP contribution in [0.4, 0.5) is 5.69 Å². The van der Waals surface area contributed by atoms with Gasteiger partial charge in [0, 0.05) is 30.2 Å². The molecule has 126 valence electrons. The van der Waals surface area contributed by atoms with Crippen molar-refractivity contribution < 1.29 is 9.53 Å². The maximum absolute atomic E-state index is 12.2. The van der Waals surface area contributed by atoms with E-state index in [9.17, 15) is 4.79 Å². The first-order valence-corrected chi connectivity index (χ1v) is 7.68. The van der Waals surface area contributed by atoms with Gasteiger partial charge in [-0.3, -0.25) is 4.98 Å². The number of esters is 1. The standard InChI is InChI=1S/C17H21N5O2/c1-4-24-17(23)12-9-20-14-6-5-13(11(7-18)8-19)22-16(14)15(12)21-10(2)3/h5-10,18H,4,19H2,1-3H3,(H,20,21)/b11-8+,18-7?. The minimum absolute atomic E-state index is 0.0847. The van der Waals surface area contributed by atoms with Crippen molar-refractivity contribution in [3.8, 4) is 0 Å². The predicted octanol–water partition coefficient (Wildman–Crippen LogP) is 2.58. The van der Waals surface area contributed by atoms with Gasteiger partial charge >= 0.3 is 5.97 Å². The minimum Gasteiger partial charge on any atom is -0.462 e. The number of hydrogen-bond acceptors (Lipinski definition) is 7. The number of nitrogens with one attached hydrogen (secondary N) is 2. The number of nitrogens with zero attached hydrogens (tertiary/aromatic N) is 2. The zero-order valence-corrected chi connectivity index (χ0v) is 14.0. The normalized spacial score (nSPS) is 11.6. The predicted molar refractivity (Wildman–Crippen MR) is 95.2 cm³/mol. The highest BCUT2D eigenvalue weighted by atomic mass is 16.5. The third-order valence-electron chi connectivity index (χ3n) is 3.27. The number of fused-ring (bicyclic) bond motifs is 1. The Hall–Kier alpha value is -2.96. The lowest BCUT2D eigenvalue weighted by Gasteiger charge is -2.16. The average molecular weight is 327 g/mol. The molecule has 0 saturated heterocycles. The summed E-state index contributed by atoms with van der Waals surface area (Å²) < 4.78 is 5.10. The number of carbonyl (C=O) groups excluding carboxylic acids is 1. The van der Waals surface area contributed by atoms with E-state index in [1.807, 2.05) is 13.8 Å². The molecule has 0 fully saturated rings. The lowest BCUT2D eigenvalue weighted by molar-refractivity contribution is 0.0527. The van der Waals surface area contributed by atoms with Crippen LogP contribution in [-0.4, -0.2) is 34.8 Å². The van der Waals surface area contributed by atoms with Crippen molar-refractivity contribution in [3.05, 3.63) is 35.8 Å². The number of hydrogen-bond donors (Lipinski definition) is 3. The van der Waals surface area contributed by atoms with Crippen LogP contribution >= 0.6 is 0 Å². The molecule has 0 radical (unpaired) electrons. The number of nitrogens with two attached hydrogens (primary N) is 1. The molecule has 2 rings (SSSR count). The van der Waals surface area contributed by atoms with Gasteiger partial charge in [-0.25, -0.2) is 9.78 Å². The Morgan fingerprint density at radius 3 is 2.79 bits per heavy atom. The highest BCUT2D eigenvalue weighted by Crippen LogP contribution is 2.27. The van der Waals surface area contributed by atoms with E-state index in [-0.39, 0.29) is 12.6 Å². The van der Waals surface area contributed by atoms with E-state index in [2.05, 4.69) is 15.3 Å². The molecule has 0 aromatic carbocycles. The fraction of sp³-hybridized carbons (Fsp3) is 0.294. The Labute approximate surface area is 140 Å². The van der Waals surface area contributed by atoms with Gasteiger partial charge in [0.2, 0.25) is 0 Å². The Kier molecular flexibility index (Phi) is 5.47. The molecule has 24 heavy (non-hydrogen) atoms. The van der Waals surface area contributed by atoms with Gasteiger partial charge in [0.25, 0.3) is 0 Å². The molecule has 0 aliphatic rings. The lowest BCUT2D eigenvalue weighted by Crippen LogP contribution is -2.16. The molecule has 0 aliphatic heterocycles. The van der Waals surface area contributed by atoms with E-state index in [0.717, 1.165) is 6.21 Å². The molecule has 2 heterocycles. The van der Waals surface area contributed by atoms with Gasteiger partial charge in [-0.1, -0.05) is 0 Å². The maximum Gasteiger partial charge on any atom is 0.341 e. The highest BCUT2D eigenvalue weighted by Gasteiger charge is 2.19. The van der Waals surface area contributed by atoms with Crippen LogP contribution in [0.15, 0.2) is 24.5 Å². The van der Waals surface area contributed by atoms with Gasteiger partial charge in [-0.2, -0.15) is 0 Å².